The first kappa shape index (κ1) is 37.4. The molecule has 0 amide bonds. The zero-order chi connectivity index (χ0) is 34.1. The Labute approximate surface area is 334 Å². The molecular weight excluding hydrogens is 771 g/mol. The molecule has 4 fully saturated rings. The van der Waals surface area contributed by atoms with E-state index in [1.54, 1.807) is 36.5 Å². The minimum Gasteiger partial charge on any atom is -1.00 e. The van der Waals surface area contributed by atoms with Crippen LogP contribution in [-0.4, -0.2) is 14.2 Å². The fraction of sp³-hybridized carbons (Fsp3) is 0.417. The molecule has 1 heterocycles. The van der Waals surface area contributed by atoms with Gasteiger partial charge in [-0.25, -0.2) is 0 Å². The van der Waals surface area contributed by atoms with Crippen molar-refractivity contribution in [3.63, 3.8) is 0 Å². The smallest absolute Gasteiger partial charge is 1.00 e. The quantitative estimate of drug-likeness (QED) is 0.186. The third-order valence-corrected chi connectivity index (χ3v) is 31.4. The molecule has 0 bridgehead atoms. The van der Waals surface area contributed by atoms with E-state index < -0.39 is 20.3 Å². The summed E-state index contributed by atoms with van der Waals surface area (Å²) in [6.45, 7) is 0. The van der Waals surface area contributed by atoms with E-state index in [0.29, 0.717) is 7.25 Å². The van der Waals surface area contributed by atoms with Crippen molar-refractivity contribution in [1.29, 1.82) is 0 Å². The van der Waals surface area contributed by atoms with Crippen molar-refractivity contribution in [2.75, 3.05) is 14.2 Å². The van der Waals surface area contributed by atoms with Crippen LogP contribution in [0.15, 0.2) is 96.1 Å². The molecule has 3 saturated carbocycles. The first-order valence-electron chi connectivity index (χ1n) is 20.2. The second-order valence-corrected chi connectivity index (χ2v) is 28.1. The van der Waals surface area contributed by atoms with E-state index in [0.717, 1.165) is 30.6 Å². The minimum atomic E-state index is -3.15. The number of methoxy groups -OCH3 is 2. The molecule has 10 rings (SSSR count). The maximum atomic E-state index is 5.58. The summed E-state index contributed by atoms with van der Waals surface area (Å²) in [5.41, 5.74) is 15.9. The van der Waals surface area contributed by atoms with Crippen molar-refractivity contribution in [1.82, 2.24) is 0 Å². The van der Waals surface area contributed by atoms with Gasteiger partial charge in [0.2, 0.25) is 0 Å². The number of hydrogen-bond donors (Lipinski definition) is 0. The summed E-state index contributed by atoms with van der Waals surface area (Å²) in [5, 5.41) is 0. The van der Waals surface area contributed by atoms with Crippen LogP contribution in [0.2, 0.25) is 7.25 Å². The SMILES string of the molecule is COc1ccc(-c2cccc3c2C=C(C2CCCC2)[CH]3[Zr+2]2([CH]3C(C4CCCC4)=Cc4c(-c5ccc(OC)cc5)cccc43)[CH]3CCCC[CH]32)cc1.[Cl-].[Cl-]. The van der Waals surface area contributed by atoms with Crippen LogP contribution in [0, 0.1) is 11.8 Å². The van der Waals surface area contributed by atoms with Crippen molar-refractivity contribution in [2.45, 2.75) is 91.6 Å². The molecule has 4 aromatic rings. The van der Waals surface area contributed by atoms with Gasteiger partial charge in [-0.15, -0.1) is 0 Å². The number of benzene rings is 4. The van der Waals surface area contributed by atoms with Crippen LogP contribution in [-0.2, 0) is 20.3 Å². The summed E-state index contributed by atoms with van der Waals surface area (Å²) in [6.07, 6.45) is 22.6. The first-order valence-corrected chi connectivity index (χ1v) is 25.9. The Kier molecular flexibility index (Phi) is 10.7. The molecule has 2 nitrogen and oxygen atoms in total. The maximum absolute atomic E-state index is 5.58. The molecule has 53 heavy (non-hydrogen) atoms. The van der Waals surface area contributed by atoms with Crippen molar-refractivity contribution >= 4 is 12.2 Å². The molecule has 1 aliphatic heterocycles. The number of halogens is 2. The van der Waals surface area contributed by atoms with Gasteiger partial charge in [0.15, 0.2) is 0 Å². The molecular formula is C48H52Cl2O2Zr. The van der Waals surface area contributed by atoms with E-state index in [-0.39, 0.29) is 24.8 Å². The molecule has 6 aliphatic rings. The molecule has 0 radical (unpaired) electrons. The van der Waals surface area contributed by atoms with Crippen LogP contribution in [0.4, 0.5) is 0 Å². The van der Waals surface area contributed by atoms with Crippen molar-refractivity contribution < 1.29 is 54.6 Å². The Balaban J connectivity index is 0.00000200. The van der Waals surface area contributed by atoms with Gasteiger partial charge in [0.05, 0.1) is 0 Å². The van der Waals surface area contributed by atoms with E-state index in [9.17, 15) is 0 Å². The summed E-state index contributed by atoms with van der Waals surface area (Å²) < 4.78 is 14.6. The predicted octanol–water partition coefficient (Wildman–Crippen LogP) is 7.32. The van der Waals surface area contributed by atoms with Crippen LogP contribution in [0.5, 0.6) is 11.5 Å². The Morgan fingerprint density at radius 3 is 1.23 bits per heavy atom. The minimum absolute atomic E-state index is 0. The summed E-state index contributed by atoms with van der Waals surface area (Å²) >= 11 is -3.15. The van der Waals surface area contributed by atoms with Gasteiger partial charge >= 0.3 is 312 Å². The standard InChI is InChI=1S/2C21H21O.C6H10.2ClH.Zr/c2*1-22-19-11-9-16(10-12-19)20-8-4-7-17-13-18(14-21(17)20)15-5-2-3-6-15;1-2-4-6-5-3-1;;;/h2*4,7-15H,2-3,5-6H2,1H3;1-2H,3-6H2;2*1H;/q;;;;;+2/p-2. The third kappa shape index (κ3) is 5.97. The molecule has 4 aromatic carbocycles. The molecule has 5 aliphatic carbocycles. The largest absolute Gasteiger partial charge is 1.00 e. The van der Waals surface area contributed by atoms with Crippen LogP contribution in [0.3, 0.4) is 0 Å². The molecule has 274 valence electrons. The summed E-state index contributed by atoms with van der Waals surface area (Å²) in [5.74, 6) is 3.38. The van der Waals surface area contributed by atoms with E-state index in [2.05, 4.69) is 97.1 Å². The van der Waals surface area contributed by atoms with Gasteiger partial charge in [-0.2, -0.15) is 0 Å². The second-order valence-electron chi connectivity index (χ2n) is 16.7. The number of allylic oxidation sites excluding steroid dienone is 2. The Bertz CT molecular complexity index is 1870. The fourth-order valence-corrected chi connectivity index (χ4v) is 35.8. The number of ether oxygens (including phenoxy) is 2. The van der Waals surface area contributed by atoms with E-state index in [1.165, 1.54) is 99.3 Å². The van der Waals surface area contributed by atoms with Gasteiger partial charge in [-0.1, -0.05) is 0 Å². The number of rotatable bonds is 8. The molecule has 4 atom stereocenters. The zero-order valence-electron chi connectivity index (χ0n) is 31.3. The van der Waals surface area contributed by atoms with Crippen molar-refractivity contribution in [3.8, 4) is 33.8 Å². The Hall–Kier alpha value is -2.58. The molecule has 0 spiro atoms. The average molecular weight is 823 g/mol. The van der Waals surface area contributed by atoms with E-state index in [1.807, 2.05) is 11.1 Å². The van der Waals surface area contributed by atoms with Gasteiger partial charge in [0, 0.05) is 0 Å². The van der Waals surface area contributed by atoms with Gasteiger partial charge in [-0.05, 0) is 0 Å². The first-order chi connectivity index (χ1) is 25.2. The predicted molar refractivity (Wildman–Crippen MR) is 208 cm³/mol. The van der Waals surface area contributed by atoms with Crippen LogP contribution in [0.25, 0.3) is 34.4 Å². The van der Waals surface area contributed by atoms with Gasteiger partial charge < -0.3 is 24.8 Å². The Morgan fingerprint density at radius 1 is 0.472 bits per heavy atom. The van der Waals surface area contributed by atoms with Gasteiger partial charge in [0.25, 0.3) is 0 Å². The third-order valence-electron chi connectivity index (χ3n) is 14.6. The zero-order valence-corrected chi connectivity index (χ0v) is 35.2. The van der Waals surface area contributed by atoms with E-state index in [4.69, 9.17) is 9.47 Å². The fourth-order valence-electron chi connectivity index (χ4n) is 12.5. The monoisotopic (exact) mass is 820 g/mol. The molecule has 0 N–H and O–H groups in total. The van der Waals surface area contributed by atoms with Gasteiger partial charge in [0.1, 0.15) is 0 Å². The van der Waals surface area contributed by atoms with Crippen LogP contribution >= 0.6 is 0 Å². The molecule has 1 saturated heterocycles. The van der Waals surface area contributed by atoms with Gasteiger partial charge in [-0.3, -0.25) is 0 Å². The molecule has 0 aromatic heterocycles. The number of hydrogen-bond acceptors (Lipinski definition) is 2. The number of fused-ring (bicyclic) bond motifs is 3. The van der Waals surface area contributed by atoms with Crippen LogP contribution in [0.1, 0.15) is 107 Å². The van der Waals surface area contributed by atoms with E-state index >= 15 is 0 Å². The maximum Gasteiger partial charge on any atom is -1.00 e. The van der Waals surface area contributed by atoms with Crippen molar-refractivity contribution in [2.24, 2.45) is 11.8 Å². The Morgan fingerprint density at radius 2 is 0.849 bits per heavy atom. The summed E-state index contributed by atoms with van der Waals surface area (Å²) in [4.78, 5) is 0. The molecule has 4 unspecified atom stereocenters. The van der Waals surface area contributed by atoms with Crippen LogP contribution < -0.4 is 34.3 Å². The molecule has 5 heteroatoms. The van der Waals surface area contributed by atoms with Crippen molar-refractivity contribution in [3.05, 3.63) is 118 Å². The second kappa shape index (κ2) is 15.2. The summed E-state index contributed by atoms with van der Waals surface area (Å²) in [7, 11) is 3.54. The normalized spacial score (nSPS) is 25.9. The average Bonchev–Trinajstić information content (AvgIpc) is 3.86. The topological polar surface area (TPSA) is 18.5 Å². The summed E-state index contributed by atoms with van der Waals surface area (Å²) in [6, 6.07) is 32.6.